The van der Waals surface area contributed by atoms with E-state index in [1.54, 1.807) is 18.5 Å². The van der Waals surface area contributed by atoms with Gasteiger partial charge in [-0.25, -0.2) is 9.97 Å². The van der Waals surface area contributed by atoms with E-state index in [0.29, 0.717) is 16.3 Å². The van der Waals surface area contributed by atoms with Crippen LogP contribution in [0.4, 0.5) is 0 Å². The molecule has 0 saturated carbocycles. The molecule has 0 fully saturated rings. The maximum absolute atomic E-state index is 13.2. The van der Waals surface area contributed by atoms with Crippen molar-refractivity contribution in [3.8, 4) is 22.5 Å². The van der Waals surface area contributed by atoms with E-state index in [1.165, 1.54) is 18.3 Å². The van der Waals surface area contributed by atoms with Gasteiger partial charge >= 0.3 is 5.97 Å². The number of hydrogen-bond donors (Lipinski definition) is 3. The number of carbonyl (C=O) groups excluding carboxylic acids is 3. The van der Waals surface area contributed by atoms with Crippen molar-refractivity contribution in [3.63, 3.8) is 0 Å². The first-order valence-electron chi connectivity index (χ1n) is 16.3. The minimum absolute atomic E-state index is 0.00653. The highest BCUT2D eigenvalue weighted by atomic mass is 32.1. The summed E-state index contributed by atoms with van der Waals surface area (Å²) < 4.78 is 0. The van der Waals surface area contributed by atoms with Crippen molar-refractivity contribution in [2.75, 3.05) is 0 Å². The molecular weight excluding hydrogens is 639 g/mol. The van der Waals surface area contributed by atoms with E-state index in [1.807, 2.05) is 87.2 Å². The Kier molecular flexibility index (Phi) is 11.7. The van der Waals surface area contributed by atoms with Gasteiger partial charge in [0.25, 0.3) is 11.8 Å². The van der Waals surface area contributed by atoms with Gasteiger partial charge in [-0.1, -0.05) is 57.2 Å². The quantitative estimate of drug-likeness (QED) is 0.158. The molecule has 0 aliphatic heterocycles. The molecule has 4 aromatic rings. The van der Waals surface area contributed by atoms with E-state index in [2.05, 4.69) is 41.4 Å². The average molecular weight is 684 g/mol. The van der Waals surface area contributed by atoms with E-state index in [0.717, 1.165) is 27.1 Å². The van der Waals surface area contributed by atoms with Gasteiger partial charge in [-0.05, 0) is 75.4 Å². The molecular formula is C38H45N5O5S. The second-order valence-corrected chi connectivity index (χ2v) is 14.8. The van der Waals surface area contributed by atoms with Crippen molar-refractivity contribution in [1.29, 1.82) is 0 Å². The van der Waals surface area contributed by atoms with Gasteiger partial charge in [0.1, 0.15) is 12.1 Å². The number of thiophene rings is 1. The van der Waals surface area contributed by atoms with Crippen LogP contribution in [0, 0.1) is 0 Å². The number of carbonyl (C=O) groups is 4. The first-order valence-corrected chi connectivity index (χ1v) is 17.2. The average Bonchev–Trinajstić information content (AvgIpc) is 3.56. The third kappa shape index (κ3) is 9.38. The summed E-state index contributed by atoms with van der Waals surface area (Å²) in [5.74, 6) is -1.66. The fourth-order valence-corrected chi connectivity index (χ4v) is 6.32. The van der Waals surface area contributed by atoms with E-state index in [9.17, 15) is 24.3 Å². The van der Waals surface area contributed by atoms with Crippen LogP contribution in [0.5, 0.6) is 0 Å². The number of hydrogen-bond acceptors (Lipinski definition) is 7. The Morgan fingerprint density at radius 2 is 1.35 bits per heavy atom. The molecule has 2 aromatic heterocycles. The van der Waals surface area contributed by atoms with Crippen molar-refractivity contribution < 1.29 is 24.3 Å². The number of rotatable bonds is 12. The normalized spacial score (nSPS) is 12.8. The molecule has 3 amide bonds. The molecule has 2 aromatic carbocycles. The zero-order valence-electron chi connectivity index (χ0n) is 29.3. The maximum Gasteiger partial charge on any atom is 0.325 e. The Morgan fingerprint density at radius 3 is 1.86 bits per heavy atom. The predicted octanol–water partition coefficient (Wildman–Crippen LogP) is 6.36. The number of carboxylic acids is 1. The van der Waals surface area contributed by atoms with Crippen molar-refractivity contribution in [2.45, 2.75) is 91.4 Å². The van der Waals surface area contributed by atoms with Crippen LogP contribution >= 0.6 is 11.3 Å². The van der Waals surface area contributed by atoms with Gasteiger partial charge in [0.15, 0.2) is 5.82 Å². The Hall–Kier alpha value is -4.90. The van der Waals surface area contributed by atoms with Crippen molar-refractivity contribution in [2.24, 2.45) is 0 Å². The lowest BCUT2D eigenvalue weighted by molar-refractivity contribution is -0.141. The molecule has 11 heteroatoms. The molecule has 0 unspecified atom stereocenters. The molecule has 3 N–H and O–H groups in total. The Labute approximate surface area is 292 Å². The molecule has 4 rings (SSSR count). The molecule has 49 heavy (non-hydrogen) atoms. The summed E-state index contributed by atoms with van der Waals surface area (Å²) in [6.45, 7) is 15.6. The topological polar surface area (TPSA) is 142 Å². The second kappa shape index (κ2) is 15.5. The van der Waals surface area contributed by atoms with Gasteiger partial charge in [-0.2, -0.15) is 0 Å². The summed E-state index contributed by atoms with van der Waals surface area (Å²) in [6, 6.07) is 16.5. The van der Waals surface area contributed by atoms with Crippen LogP contribution in [0.1, 0.15) is 85.9 Å². The van der Waals surface area contributed by atoms with E-state index >= 15 is 0 Å². The van der Waals surface area contributed by atoms with Crippen molar-refractivity contribution in [3.05, 3.63) is 93.9 Å². The maximum atomic E-state index is 13.2. The minimum atomic E-state index is -1.17. The SMILES string of the molecule is CC(C)N(C(=O)c1ccc(-c2cnc(-c3ccc(C[C@H](NC(=O)c4ccc(C(C)(C)C)s4)C(=O)N[C@H](C)C(=O)O)cc3)nc2)cc1)C(C)C. The standard InChI is InChI=1S/C38H45N5O5S/c1-22(2)43(23(3)4)36(46)28-15-13-26(14-16-28)29-20-39-33(40-21-29)27-11-9-25(10-12-27)19-30(34(44)41-24(5)37(47)48)42-35(45)31-17-18-32(49-31)38(6,7)8/h9-18,20-24,30H,19H2,1-8H3,(H,41,44)(H,42,45)(H,47,48)/t24-,30+/m1/s1. The first-order chi connectivity index (χ1) is 23.0. The summed E-state index contributed by atoms with van der Waals surface area (Å²) in [7, 11) is 0. The number of aliphatic carboxylic acids is 1. The molecule has 2 heterocycles. The summed E-state index contributed by atoms with van der Waals surface area (Å²) in [6.07, 6.45) is 3.61. The lowest BCUT2D eigenvalue weighted by Gasteiger charge is -2.30. The monoisotopic (exact) mass is 683 g/mol. The molecule has 0 radical (unpaired) electrons. The number of nitrogens with one attached hydrogen (secondary N) is 2. The van der Waals surface area contributed by atoms with Gasteiger partial charge in [-0.3, -0.25) is 19.2 Å². The van der Waals surface area contributed by atoms with Crippen molar-refractivity contribution in [1.82, 2.24) is 25.5 Å². The van der Waals surface area contributed by atoms with Gasteiger partial charge in [0.2, 0.25) is 5.91 Å². The zero-order chi connectivity index (χ0) is 36.0. The fraction of sp³-hybridized carbons (Fsp3) is 0.368. The fourth-order valence-electron chi connectivity index (χ4n) is 5.35. The van der Waals surface area contributed by atoms with Crippen LogP contribution in [0.3, 0.4) is 0 Å². The van der Waals surface area contributed by atoms with Crippen molar-refractivity contribution >= 4 is 35.0 Å². The zero-order valence-corrected chi connectivity index (χ0v) is 30.1. The van der Waals surface area contributed by atoms with Crippen LogP contribution in [0.15, 0.2) is 73.1 Å². The van der Waals surface area contributed by atoms with Gasteiger partial charge < -0.3 is 20.6 Å². The minimum Gasteiger partial charge on any atom is -0.480 e. The number of carboxylic acid groups (broad SMARTS) is 1. The number of amides is 3. The van der Waals surface area contributed by atoms with Crippen LogP contribution < -0.4 is 10.6 Å². The van der Waals surface area contributed by atoms with E-state index in [4.69, 9.17) is 0 Å². The Bertz CT molecular complexity index is 1770. The highest BCUT2D eigenvalue weighted by Crippen LogP contribution is 2.29. The highest BCUT2D eigenvalue weighted by Gasteiger charge is 2.27. The van der Waals surface area contributed by atoms with Crippen LogP contribution in [-0.2, 0) is 21.4 Å². The molecule has 0 aliphatic carbocycles. The molecule has 258 valence electrons. The van der Waals surface area contributed by atoms with E-state index in [-0.39, 0.29) is 29.8 Å². The molecule has 0 spiro atoms. The molecule has 10 nitrogen and oxygen atoms in total. The molecule has 0 aliphatic rings. The third-order valence-corrected chi connectivity index (χ3v) is 9.55. The predicted molar refractivity (Wildman–Crippen MR) is 193 cm³/mol. The van der Waals surface area contributed by atoms with Crippen LogP contribution in [0.25, 0.3) is 22.5 Å². The summed E-state index contributed by atoms with van der Waals surface area (Å²) in [5, 5.41) is 14.6. The van der Waals surface area contributed by atoms with Gasteiger partial charge in [-0.15, -0.1) is 11.3 Å². The first kappa shape index (κ1) is 36.9. The number of nitrogens with zero attached hydrogens (tertiary/aromatic N) is 3. The summed E-state index contributed by atoms with van der Waals surface area (Å²) in [4.78, 5) is 63.2. The highest BCUT2D eigenvalue weighted by molar-refractivity contribution is 7.14. The molecule has 0 bridgehead atoms. The van der Waals surface area contributed by atoms with Gasteiger partial charge in [0.05, 0.1) is 4.88 Å². The number of benzene rings is 2. The smallest absolute Gasteiger partial charge is 0.325 e. The second-order valence-electron chi connectivity index (χ2n) is 13.7. The van der Waals surface area contributed by atoms with E-state index < -0.39 is 29.9 Å². The Morgan fingerprint density at radius 1 is 0.776 bits per heavy atom. The Balaban J connectivity index is 1.47. The number of aromatic nitrogens is 2. The van der Waals surface area contributed by atoms with Crippen LogP contribution in [0.2, 0.25) is 0 Å². The largest absolute Gasteiger partial charge is 0.480 e. The molecule has 0 saturated heterocycles. The summed E-state index contributed by atoms with van der Waals surface area (Å²) in [5.41, 5.74) is 3.72. The van der Waals surface area contributed by atoms with Crippen LogP contribution in [-0.4, -0.2) is 67.8 Å². The molecule has 2 atom stereocenters. The summed E-state index contributed by atoms with van der Waals surface area (Å²) >= 11 is 1.36. The van der Waals surface area contributed by atoms with Gasteiger partial charge in [0, 0.05) is 52.5 Å². The lowest BCUT2D eigenvalue weighted by atomic mass is 9.95. The third-order valence-electron chi connectivity index (χ3n) is 8.04. The lowest BCUT2D eigenvalue weighted by Crippen LogP contribution is -2.51.